The Morgan fingerprint density at radius 3 is 3.07 bits per heavy atom. The van der Waals surface area contributed by atoms with Gasteiger partial charge in [0.2, 0.25) is 0 Å². The highest BCUT2D eigenvalue weighted by molar-refractivity contribution is 7.98. The highest BCUT2D eigenvalue weighted by Gasteiger charge is 2.25. The summed E-state index contributed by atoms with van der Waals surface area (Å²) in [6.07, 6.45) is 3.66. The quantitative estimate of drug-likeness (QED) is 0.820. The van der Waals surface area contributed by atoms with Gasteiger partial charge in [-0.1, -0.05) is 18.2 Å². The van der Waals surface area contributed by atoms with Crippen LogP contribution in [0, 0.1) is 0 Å². The van der Waals surface area contributed by atoms with E-state index in [0.29, 0.717) is 0 Å². The van der Waals surface area contributed by atoms with Gasteiger partial charge < -0.3 is 10.4 Å². The molecule has 1 aliphatic heterocycles. The first-order valence-corrected chi connectivity index (χ1v) is 6.72. The number of fused-ring (bicyclic) bond motifs is 1. The predicted octanol–water partition coefficient (Wildman–Crippen LogP) is 2.14. The smallest absolute Gasteiger partial charge is 0.0752 e. The van der Waals surface area contributed by atoms with Crippen LogP contribution in [0.25, 0.3) is 0 Å². The average Bonchev–Trinajstić information content (AvgIpc) is 2.69. The van der Waals surface area contributed by atoms with E-state index in [1.165, 1.54) is 11.3 Å². The molecule has 2 rings (SSSR count). The lowest BCUT2D eigenvalue weighted by Gasteiger charge is -2.18. The zero-order chi connectivity index (χ0) is 10.7. The van der Waals surface area contributed by atoms with Crippen LogP contribution in [0.15, 0.2) is 24.3 Å². The molecule has 0 fully saturated rings. The van der Waals surface area contributed by atoms with Gasteiger partial charge in [-0.05, 0) is 36.5 Å². The van der Waals surface area contributed by atoms with Crippen LogP contribution < -0.4 is 5.32 Å². The molecule has 2 nitrogen and oxygen atoms in total. The Hall–Kier alpha value is -0.670. The van der Waals surface area contributed by atoms with Crippen molar-refractivity contribution in [3.63, 3.8) is 0 Å². The molecule has 0 aliphatic carbocycles. The molecule has 2 unspecified atom stereocenters. The summed E-state index contributed by atoms with van der Waals surface area (Å²) in [5.41, 5.74) is 2.51. The molecule has 1 aromatic carbocycles. The predicted molar refractivity (Wildman–Crippen MR) is 66.6 cm³/mol. The third-order valence-corrected chi connectivity index (χ3v) is 3.52. The molecule has 1 aliphatic rings. The van der Waals surface area contributed by atoms with Crippen LogP contribution in [0.3, 0.4) is 0 Å². The van der Waals surface area contributed by atoms with Crippen molar-refractivity contribution in [2.24, 2.45) is 0 Å². The maximum absolute atomic E-state index is 9.98. The molecule has 82 valence electrons. The molecular weight excluding hydrogens is 206 g/mol. The summed E-state index contributed by atoms with van der Waals surface area (Å²) < 4.78 is 0. The first-order valence-electron chi connectivity index (χ1n) is 5.32. The van der Waals surface area contributed by atoms with Crippen LogP contribution >= 0.6 is 11.8 Å². The van der Waals surface area contributed by atoms with Crippen molar-refractivity contribution >= 4 is 17.4 Å². The first-order chi connectivity index (χ1) is 7.31. The van der Waals surface area contributed by atoms with Crippen molar-refractivity contribution in [1.82, 2.24) is 0 Å². The monoisotopic (exact) mass is 223 g/mol. The lowest BCUT2D eigenvalue weighted by atomic mass is 10.0. The van der Waals surface area contributed by atoms with Crippen molar-refractivity contribution in [3.05, 3.63) is 29.8 Å². The van der Waals surface area contributed by atoms with Crippen molar-refractivity contribution in [1.29, 1.82) is 0 Å². The zero-order valence-corrected chi connectivity index (χ0v) is 9.76. The lowest BCUT2D eigenvalue weighted by Crippen LogP contribution is -2.32. The molecule has 15 heavy (non-hydrogen) atoms. The van der Waals surface area contributed by atoms with E-state index in [1.807, 2.05) is 6.07 Å². The Kier molecular flexibility index (Phi) is 3.54. The Morgan fingerprint density at radius 1 is 1.53 bits per heavy atom. The van der Waals surface area contributed by atoms with E-state index in [2.05, 4.69) is 29.8 Å². The van der Waals surface area contributed by atoms with E-state index >= 15 is 0 Å². The van der Waals surface area contributed by atoms with Gasteiger partial charge in [-0.3, -0.25) is 0 Å². The third kappa shape index (κ3) is 2.47. The number of para-hydroxylation sites is 1. The Balaban J connectivity index is 1.94. The van der Waals surface area contributed by atoms with E-state index in [0.717, 1.165) is 18.6 Å². The summed E-state index contributed by atoms with van der Waals surface area (Å²) in [6.45, 7) is 0. The topological polar surface area (TPSA) is 32.3 Å². The zero-order valence-electron chi connectivity index (χ0n) is 8.94. The SMILES string of the molecule is CSCCC(O)C1Cc2ccccc2N1. The van der Waals surface area contributed by atoms with Gasteiger partial charge in [0.25, 0.3) is 0 Å². The minimum absolute atomic E-state index is 0.203. The number of aliphatic hydroxyl groups excluding tert-OH is 1. The van der Waals surface area contributed by atoms with Crippen molar-refractivity contribution < 1.29 is 5.11 Å². The van der Waals surface area contributed by atoms with E-state index < -0.39 is 0 Å². The number of hydrogen-bond donors (Lipinski definition) is 2. The van der Waals surface area contributed by atoms with Gasteiger partial charge in [0, 0.05) is 5.69 Å². The number of anilines is 1. The molecule has 1 aromatic rings. The van der Waals surface area contributed by atoms with Gasteiger partial charge in [-0.25, -0.2) is 0 Å². The lowest BCUT2D eigenvalue weighted by molar-refractivity contribution is 0.151. The minimum atomic E-state index is -0.232. The largest absolute Gasteiger partial charge is 0.391 e. The van der Waals surface area contributed by atoms with Crippen LogP contribution in [0.2, 0.25) is 0 Å². The van der Waals surface area contributed by atoms with E-state index in [1.54, 1.807) is 11.8 Å². The molecule has 0 bridgehead atoms. The molecule has 0 saturated carbocycles. The Labute approximate surface area is 95.1 Å². The fourth-order valence-electron chi connectivity index (χ4n) is 2.00. The molecule has 3 heteroatoms. The number of hydrogen-bond acceptors (Lipinski definition) is 3. The molecule has 0 aromatic heterocycles. The second-order valence-electron chi connectivity index (χ2n) is 3.96. The van der Waals surface area contributed by atoms with E-state index in [4.69, 9.17) is 0 Å². The average molecular weight is 223 g/mol. The first kappa shape index (κ1) is 10.8. The molecular formula is C12H17NOS. The molecule has 0 spiro atoms. The third-order valence-electron chi connectivity index (χ3n) is 2.88. The number of thioether (sulfide) groups is 1. The number of aliphatic hydroxyl groups is 1. The molecule has 0 saturated heterocycles. The van der Waals surface area contributed by atoms with Gasteiger partial charge in [0.05, 0.1) is 12.1 Å². The van der Waals surface area contributed by atoms with Gasteiger partial charge in [-0.2, -0.15) is 11.8 Å². The minimum Gasteiger partial charge on any atom is -0.391 e. The van der Waals surface area contributed by atoms with Crippen LogP contribution in [0.4, 0.5) is 5.69 Å². The van der Waals surface area contributed by atoms with Crippen LogP contribution in [-0.4, -0.2) is 29.3 Å². The number of nitrogens with one attached hydrogen (secondary N) is 1. The molecule has 1 heterocycles. The summed E-state index contributed by atoms with van der Waals surface area (Å²) in [5, 5.41) is 13.4. The Bertz CT molecular complexity index is 304. The highest BCUT2D eigenvalue weighted by Crippen LogP contribution is 2.27. The molecule has 2 N–H and O–H groups in total. The van der Waals surface area contributed by atoms with Gasteiger partial charge in [0.15, 0.2) is 0 Å². The molecule has 2 atom stereocenters. The van der Waals surface area contributed by atoms with Gasteiger partial charge in [0.1, 0.15) is 0 Å². The molecule has 0 amide bonds. The summed E-state index contributed by atoms with van der Waals surface area (Å²) in [5.74, 6) is 1.02. The van der Waals surface area contributed by atoms with Crippen LogP contribution in [0.1, 0.15) is 12.0 Å². The van der Waals surface area contributed by atoms with Gasteiger partial charge >= 0.3 is 0 Å². The fraction of sp³-hybridized carbons (Fsp3) is 0.500. The number of rotatable bonds is 4. The summed E-state index contributed by atoms with van der Waals surface area (Å²) in [7, 11) is 0. The normalized spacial score (nSPS) is 20.8. The van der Waals surface area contributed by atoms with Crippen molar-refractivity contribution in [3.8, 4) is 0 Å². The van der Waals surface area contributed by atoms with E-state index in [-0.39, 0.29) is 12.1 Å². The van der Waals surface area contributed by atoms with Crippen molar-refractivity contribution in [2.45, 2.75) is 25.0 Å². The van der Waals surface area contributed by atoms with Gasteiger partial charge in [-0.15, -0.1) is 0 Å². The Morgan fingerprint density at radius 2 is 2.33 bits per heavy atom. The van der Waals surface area contributed by atoms with E-state index in [9.17, 15) is 5.11 Å². The standard InChI is InChI=1S/C12H17NOS/c1-15-7-6-12(14)11-8-9-4-2-3-5-10(9)13-11/h2-5,11-14H,6-8H2,1H3. The van der Waals surface area contributed by atoms with Crippen LogP contribution in [-0.2, 0) is 6.42 Å². The molecule has 0 radical (unpaired) electrons. The van der Waals surface area contributed by atoms with Crippen molar-refractivity contribution in [2.75, 3.05) is 17.3 Å². The maximum atomic E-state index is 9.98. The highest BCUT2D eigenvalue weighted by atomic mass is 32.2. The number of benzene rings is 1. The maximum Gasteiger partial charge on any atom is 0.0752 e. The second-order valence-corrected chi connectivity index (χ2v) is 4.95. The summed E-state index contributed by atoms with van der Waals surface area (Å²) in [4.78, 5) is 0. The summed E-state index contributed by atoms with van der Waals surface area (Å²) >= 11 is 1.78. The second kappa shape index (κ2) is 4.90. The van der Waals surface area contributed by atoms with Crippen LogP contribution in [0.5, 0.6) is 0 Å². The summed E-state index contributed by atoms with van der Waals surface area (Å²) in [6, 6.07) is 8.49. The fourth-order valence-corrected chi connectivity index (χ4v) is 2.48.